The van der Waals surface area contributed by atoms with Gasteiger partial charge in [-0.15, -0.1) is 0 Å². The maximum atomic E-state index is 14.2. The first-order valence-corrected chi connectivity index (χ1v) is 13.0. The van der Waals surface area contributed by atoms with Crippen LogP contribution in [0.2, 0.25) is 0 Å². The molecule has 40 heavy (non-hydrogen) atoms. The molecule has 0 spiro atoms. The minimum atomic E-state index is -0.964. The van der Waals surface area contributed by atoms with E-state index in [0.717, 1.165) is 10.9 Å². The van der Waals surface area contributed by atoms with E-state index in [1.54, 1.807) is 60.7 Å². The van der Waals surface area contributed by atoms with Crippen LogP contribution in [0.3, 0.4) is 0 Å². The van der Waals surface area contributed by atoms with Crippen molar-refractivity contribution < 1.29 is 14.3 Å². The van der Waals surface area contributed by atoms with Crippen molar-refractivity contribution in [3.8, 4) is 23.6 Å². The highest BCUT2D eigenvalue weighted by atomic mass is 16.5. The number of nitriles is 2. The van der Waals surface area contributed by atoms with Crippen molar-refractivity contribution in [2.24, 2.45) is 0 Å². The lowest BCUT2D eigenvalue weighted by Gasteiger charge is -2.27. The molecular weight excluding hydrogens is 504 g/mol. The van der Waals surface area contributed by atoms with E-state index in [0.29, 0.717) is 33.9 Å². The normalized spacial score (nSPS) is 17.2. The summed E-state index contributed by atoms with van der Waals surface area (Å²) in [5, 5.41) is 26.7. The van der Waals surface area contributed by atoms with Gasteiger partial charge in [-0.3, -0.25) is 14.2 Å². The Labute approximate surface area is 232 Å². The van der Waals surface area contributed by atoms with Crippen LogP contribution in [0, 0.1) is 22.7 Å². The molecule has 0 saturated heterocycles. The smallest absolute Gasteiger partial charge is 0.253 e. The van der Waals surface area contributed by atoms with Gasteiger partial charge in [0, 0.05) is 10.9 Å². The molecule has 9 heteroatoms. The molecule has 0 saturated carbocycles. The lowest BCUT2D eigenvalue weighted by Crippen LogP contribution is -2.56. The zero-order valence-corrected chi connectivity index (χ0v) is 22.4. The van der Waals surface area contributed by atoms with Crippen molar-refractivity contribution in [3.05, 3.63) is 89.6 Å². The zero-order valence-electron chi connectivity index (χ0n) is 22.4. The van der Waals surface area contributed by atoms with E-state index in [2.05, 4.69) is 22.8 Å². The molecule has 4 aromatic rings. The third kappa shape index (κ3) is 4.53. The van der Waals surface area contributed by atoms with E-state index < -0.39 is 18.2 Å². The third-order valence-corrected chi connectivity index (χ3v) is 7.26. The lowest BCUT2D eigenvalue weighted by molar-refractivity contribution is -0.130. The molecule has 1 unspecified atom stereocenters. The Bertz CT molecular complexity index is 1700. The van der Waals surface area contributed by atoms with Crippen molar-refractivity contribution >= 4 is 28.4 Å². The van der Waals surface area contributed by atoms with Crippen LogP contribution in [-0.4, -0.2) is 41.6 Å². The molecule has 0 radical (unpaired) electrons. The molecule has 3 aromatic carbocycles. The molecule has 2 heterocycles. The summed E-state index contributed by atoms with van der Waals surface area (Å²) in [4.78, 5) is 28.5. The quantitative estimate of drug-likeness (QED) is 0.390. The number of hydrogen-bond acceptors (Lipinski definition) is 6. The number of fused-ring (bicyclic) bond motifs is 2. The number of carbonyl (C=O) groups is 2. The summed E-state index contributed by atoms with van der Waals surface area (Å²) >= 11 is 0. The second-order valence-corrected chi connectivity index (χ2v) is 9.63. The number of benzene rings is 3. The van der Waals surface area contributed by atoms with Crippen LogP contribution in [0.1, 0.15) is 30.7 Å². The molecule has 2 N–H and O–H groups in total. The molecule has 0 bridgehead atoms. The predicted molar refractivity (Wildman–Crippen MR) is 151 cm³/mol. The van der Waals surface area contributed by atoms with Crippen molar-refractivity contribution in [2.45, 2.75) is 38.6 Å². The van der Waals surface area contributed by atoms with Gasteiger partial charge in [0.15, 0.2) is 0 Å². The van der Waals surface area contributed by atoms with E-state index in [1.165, 1.54) is 0 Å². The van der Waals surface area contributed by atoms with E-state index in [-0.39, 0.29) is 18.4 Å². The average molecular weight is 533 g/mol. The van der Waals surface area contributed by atoms with Gasteiger partial charge >= 0.3 is 0 Å². The van der Waals surface area contributed by atoms with Gasteiger partial charge in [0.1, 0.15) is 35.7 Å². The lowest BCUT2D eigenvalue weighted by atomic mass is 10.1. The molecule has 2 amide bonds. The Morgan fingerprint density at radius 2 is 1.68 bits per heavy atom. The number of rotatable bonds is 6. The highest BCUT2D eigenvalue weighted by Crippen LogP contribution is 2.37. The fourth-order valence-corrected chi connectivity index (χ4v) is 5.04. The SMILES string of the molecule is CNC(C)C(=O)N[C@@H]1C(=O)N(Cc2c(C#N)n(-c3ccccc3C#N)c3ccccc23)c2ccccc2O[C@H]1C. The second kappa shape index (κ2) is 10.9. The Morgan fingerprint density at radius 3 is 2.40 bits per heavy atom. The average Bonchev–Trinajstić information content (AvgIpc) is 3.26. The van der Waals surface area contributed by atoms with Gasteiger partial charge < -0.3 is 20.3 Å². The molecule has 3 atom stereocenters. The van der Waals surface area contributed by atoms with Gasteiger partial charge in [-0.05, 0) is 51.2 Å². The van der Waals surface area contributed by atoms with Crippen molar-refractivity contribution in [1.82, 2.24) is 15.2 Å². The first-order valence-electron chi connectivity index (χ1n) is 13.0. The maximum absolute atomic E-state index is 14.2. The van der Waals surface area contributed by atoms with E-state index in [4.69, 9.17) is 4.74 Å². The minimum absolute atomic E-state index is 0.0466. The van der Waals surface area contributed by atoms with Gasteiger partial charge in [0.05, 0.1) is 35.0 Å². The topological polar surface area (TPSA) is 123 Å². The number of nitrogens with one attached hydrogen (secondary N) is 2. The summed E-state index contributed by atoms with van der Waals surface area (Å²) in [6, 6.07) is 24.9. The molecule has 5 rings (SSSR count). The van der Waals surface area contributed by atoms with Crippen molar-refractivity contribution in [2.75, 3.05) is 11.9 Å². The number of anilines is 1. The number of para-hydroxylation sites is 4. The molecule has 1 aliphatic rings. The highest BCUT2D eigenvalue weighted by molar-refractivity contribution is 6.02. The predicted octanol–water partition coefficient (Wildman–Crippen LogP) is 3.78. The molecule has 9 nitrogen and oxygen atoms in total. The van der Waals surface area contributed by atoms with Gasteiger partial charge in [-0.2, -0.15) is 10.5 Å². The minimum Gasteiger partial charge on any atom is -0.486 e. The Morgan fingerprint density at radius 1 is 1.00 bits per heavy atom. The van der Waals surface area contributed by atoms with Crippen LogP contribution < -0.4 is 20.3 Å². The highest BCUT2D eigenvalue weighted by Gasteiger charge is 2.38. The van der Waals surface area contributed by atoms with Crippen molar-refractivity contribution in [3.63, 3.8) is 0 Å². The number of amides is 2. The summed E-state index contributed by atoms with van der Waals surface area (Å²) in [5.41, 5.74) is 3.22. The van der Waals surface area contributed by atoms with E-state index in [1.807, 2.05) is 42.5 Å². The Hall–Kier alpha value is -5.12. The first kappa shape index (κ1) is 26.5. The van der Waals surface area contributed by atoms with Gasteiger partial charge in [-0.25, -0.2) is 0 Å². The molecule has 1 aromatic heterocycles. The molecule has 0 fully saturated rings. The second-order valence-electron chi connectivity index (χ2n) is 9.63. The van der Waals surface area contributed by atoms with Crippen LogP contribution >= 0.6 is 0 Å². The number of likely N-dealkylation sites (N-methyl/N-ethyl adjacent to an activating group) is 1. The number of ether oxygens (including phenoxy) is 1. The molecule has 1 aliphatic heterocycles. The maximum Gasteiger partial charge on any atom is 0.253 e. The summed E-state index contributed by atoms with van der Waals surface area (Å²) in [6.07, 6.45) is -0.647. The number of nitrogens with zero attached hydrogens (tertiary/aromatic N) is 4. The summed E-state index contributed by atoms with van der Waals surface area (Å²) in [6.45, 7) is 3.51. The summed E-state index contributed by atoms with van der Waals surface area (Å²) in [7, 11) is 1.67. The van der Waals surface area contributed by atoms with Crippen LogP contribution in [0.25, 0.3) is 16.6 Å². The number of hydrogen-bond donors (Lipinski definition) is 2. The standard InChI is InChI=1S/C31H28N6O3/c1-19(34-3)30(38)35-29-20(2)40-28-15-9-8-14-26(28)36(31(29)39)18-23-22-11-5-7-13-25(22)37(27(23)17-33)24-12-6-4-10-21(24)16-32/h4-15,19-20,29,34H,18H2,1-3H3,(H,35,38)/t19?,20-,29-/m0/s1. The largest absolute Gasteiger partial charge is 0.486 e. The molecule has 200 valence electrons. The van der Waals surface area contributed by atoms with Crippen LogP contribution in [0.4, 0.5) is 5.69 Å². The number of carbonyl (C=O) groups excluding carboxylic acids is 2. The Balaban J connectivity index is 1.67. The van der Waals surface area contributed by atoms with Gasteiger partial charge in [0.2, 0.25) is 5.91 Å². The molecular formula is C31H28N6O3. The first-order chi connectivity index (χ1) is 19.4. The fourth-order valence-electron chi connectivity index (χ4n) is 5.04. The van der Waals surface area contributed by atoms with Crippen LogP contribution in [0.5, 0.6) is 5.75 Å². The number of aromatic nitrogens is 1. The monoisotopic (exact) mass is 532 g/mol. The van der Waals surface area contributed by atoms with Gasteiger partial charge in [0.25, 0.3) is 5.91 Å². The summed E-state index contributed by atoms with van der Waals surface area (Å²) in [5.74, 6) is -0.185. The van der Waals surface area contributed by atoms with E-state index >= 15 is 0 Å². The molecule has 0 aliphatic carbocycles. The summed E-state index contributed by atoms with van der Waals surface area (Å²) < 4.78 is 7.94. The van der Waals surface area contributed by atoms with Crippen LogP contribution in [0.15, 0.2) is 72.8 Å². The Kier molecular flexibility index (Phi) is 7.24. The third-order valence-electron chi connectivity index (χ3n) is 7.26. The van der Waals surface area contributed by atoms with Crippen molar-refractivity contribution in [1.29, 1.82) is 10.5 Å². The van der Waals surface area contributed by atoms with Crippen LogP contribution in [-0.2, 0) is 16.1 Å². The van der Waals surface area contributed by atoms with E-state index in [9.17, 15) is 20.1 Å². The fraction of sp³-hybridized carbons (Fsp3) is 0.226. The zero-order chi connectivity index (χ0) is 28.4. The van der Waals surface area contributed by atoms with Gasteiger partial charge in [-0.1, -0.05) is 42.5 Å².